The molecule has 0 aliphatic carbocycles. The van der Waals surface area contributed by atoms with Crippen LogP contribution in [0.5, 0.6) is 11.5 Å². The molecule has 0 spiro atoms. The van der Waals surface area contributed by atoms with Crippen molar-refractivity contribution >= 4 is 29.1 Å². The largest absolute Gasteiger partial charge is 0.507 e. The van der Waals surface area contributed by atoms with E-state index in [1.807, 2.05) is 20.8 Å². The smallest absolute Gasteiger partial charge is 0.337 e. The van der Waals surface area contributed by atoms with Gasteiger partial charge in [-0.3, -0.25) is 14.5 Å². The zero-order valence-electron chi connectivity index (χ0n) is 22.6. The lowest BCUT2D eigenvalue weighted by atomic mass is 9.93. The summed E-state index contributed by atoms with van der Waals surface area (Å²) in [5.41, 5.74) is 2.30. The normalized spacial score (nSPS) is 16.5. The van der Waals surface area contributed by atoms with Crippen LogP contribution in [-0.2, 0) is 14.3 Å². The number of ketones is 1. The summed E-state index contributed by atoms with van der Waals surface area (Å²) < 4.78 is 15.9. The van der Waals surface area contributed by atoms with Crippen molar-refractivity contribution in [2.45, 2.75) is 32.7 Å². The van der Waals surface area contributed by atoms with Crippen molar-refractivity contribution in [1.82, 2.24) is 0 Å². The first-order valence-corrected chi connectivity index (χ1v) is 12.6. The summed E-state index contributed by atoms with van der Waals surface area (Å²) in [6.45, 7) is 6.39. The Labute approximate surface area is 227 Å². The van der Waals surface area contributed by atoms with E-state index in [0.29, 0.717) is 34.9 Å². The van der Waals surface area contributed by atoms with E-state index in [0.717, 1.165) is 5.56 Å². The van der Waals surface area contributed by atoms with E-state index >= 15 is 0 Å². The average molecular weight is 530 g/mol. The van der Waals surface area contributed by atoms with Crippen LogP contribution in [0.25, 0.3) is 5.76 Å². The Hall–Kier alpha value is -4.59. The highest BCUT2D eigenvalue weighted by molar-refractivity contribution is 6.51. The minimum Gasteiger partial charge on any atom is -0.507 e. The zero-order valence-corrected chi connectivity index (χ0v) is 22.6. The number of nitrogens with zero attached hydrogens (tertiary/aromatic N) is 1. The molecule has 1 heterocycles. The zero-order chi connectivity index (χ0) is 28.3. The molecule has 1 unspecified atom stereocenters. The van der Waals surface area contributed by atoms with Crippen LogP contribution >= 0.6 is 0 Å². The molecule has 1 amide bonds. The summed E-state index contributed by atoms with van der Waals surface area (Å²) in [6.07, 6.45) is 0. The molecule has 8 heteroatoms. The number of hydrogen-bond acceptors (Lipinski definition) is 7. The van der Waals surface area contributed by atoms with Crippen molar-refractivity contribution in [1.29, 1.82) is 0 Å². The number of Topliss-reactive ketones (excluding diaryl/α,β-unsaturated/α-hetero) is 1. The molecule has 4 rings (SSSR count). The highest BCUT2D eigenvalue weighted by Gasteiger charge is 2.47. The Morgan fingerprint density at radius 1 is 0.974 bits per heavy atom. The van der Waals surface area contributed by atoms with Crippen molar-refractivity contribution in [3.05, 3.63) is 94.6 Å². The highest BCUT2D eigenvalue weighted by atomic mass is 16.5. The van der Waals surface area contributed by atoms with Gasteiger partial charge in [-0.15, -0.1) is 0 Å². The van der Waals surface area contributed by atoms with E-state index in [2.05, 4.69) is 0 Å². The number of carbonyl (C=O) groups is 3. The fourth-order valence-corrected chi connectivity index (χ4v) is 4.69. The van der Waals surface area contributed by atoms with Crippen molar-refractivity contribution < 1.29 is 33.7 Å². The second-order valence-electron chi connectivity index (χ2n) is 9.32. The molecular formula is C31H31NO7. The summed E-state index contributed by atoms with van der Waals surface area (Å²) in [5, 5.41) is 11.6. The monoisotopic (exact) mass is 529 g/mol. The number of ether oxygens (including phenoxy) is 3. The van der Waals surface area contributed by atoms with E-state index in [1.165, 1.54) is 25.2 Å². The van der Waals surface area contributed by atoms with Gasteiger partial charge in [0.25, 0.3) is 11.7 Å². The van der Waals surface area contributed by atoms with Gasteiger partial charge in [-0.1, -0.05) is 32.0 Å². The molecule has 1 atom stereocenters. The molecule has 0 bridgehead atoms. The van der Waals surface area contributed by atoms with Crippen LogP contribution < -0.4 is 14.4 Å². The Bertz CT molecular complexity index is 1440. The number of benzene rings is 3. The lowest BCUT2D eigenvalue weighted by Gasteiger charge is -2.26. The number of esters is 1. The number of methoxy groups -OCH3 is 2. The van der Waals surface area contributed by atoms with Gasteiger partial charge < -0.3 is 19.3 Å². The number of hydrogen-bond donors (Lipinski definition) is 1. The summed E-state index contributed by atoms with van der Waals surface area (Å²) in [5.74, 6) is -1.17. The Morgan fingerprint density at radius 2 is 1.69 bits per heavy atom. The third-order valence-electron chi connectivity index (χ3n) is 6.63. The van der Waals surface area contributed by atoms with Crippen molar-refractivity contribution in [3.8, 4) is 11.5 Å². The molecule has 0 aromatic heterocycles. The molecule has 0 saturated carbocycles. The minimum atomic E-state index is -0.960. The maximum absolute atomic E-state index is 13.5. The van der Waals surface area contributed by atoms with Crippen LogP contribution in [0.2, 0.25) is 0 Å². The quantitative estimate of drug-likeness (QED) is 0.175. The van der Waals surface area contributed by atoms with Gasteiger partial charge in [0.05, 0.1) is 38.0 Å². The minimum absolute atomic E-state index is 0.0625. The van der Waals surface area contributed by atoms with Gasteiger partial charge in [0.15, 0.2) is 0 Å². The van der Waals surface area contributed by atoms with E-state index in [1.54, 1.807) is 60.7 Å². The SMILES string of the molecule is CCOc1ccc(/C(O)=C2/C(=O)C(=O)N(c3cccc(C(=O)OC)c3)C2c2ccc(OC)cc2)cc1C(C)C. The summed E-state index contributed by atoms with van der Waals surface area (Å²) in [6, 6.07) is 17.4. The Balaban J connectivity index is 1.93. The van der Waals surface area contributed by atoms with Crippen LogP contribution in [0, 0.1) is 0 Å². The molecule has 1 fully saturated rings. The van der Waals surface area contributed by atoms with Crippen LogP contribution in [0.3, 0.4) is 0 Å². The van der Waals surface area contributed by atoms with Gasteiger partial charge in [0, 0.05) is 11.3 Å². The predicted molar refractivity (Wildman–Crippen MR) is 147 cm³/mol. The molecule has 202 valence electrons. The molecule has 8 nitrogen and oxygen atoms in total. The first-order chi connectivity index (χ1) is 18.7. The molecule has 3 aromatic carbocycles. The molecule has 0 radical (unpaired) electrons. The molecule has 1 aliphatic heterocycles. The third-order valence-corrected chi connectivity index (χ3v) is 6.63. The maximum Gasteiger partial charge on any atom is 0.337 e. The molecule has 1 N–H and O–H groups in total. The second kappa shape index (κ2) is 11.4. The Morgan fingerprint density at radius 3 is 2.31 bits per heavy atom. The predicted octanol–water partition coefficient (Wildman–Crippen LogP) is 5.63. The van der Waals surface area contributed by atoms with E-state index in [9.17, 15) is 19.5 Å². The molecule has 1 saturated heterocycles. The number of aliphatic hydroxyl groups excluding tert-OH is 1. The standard InChI is InChI=1S/C31H31NO7/c1-6-39-25-15-12-20(17-24(25)18(2)3)28(33)26-27(19-10-13-23(37-4)14-11-19)32(30(35)29(26)34)22-9-7-8-21(16-22)31(36)38-5/h7-18,27,33H,6H2,1-5H3/b28-26-. The lowest BCUT2D eigenvalue weighted by molar-refractivity contribution is -0.132. The first-order valence-electron chi connectivity index (χ1n) is 12.6. The lowest BCUT2D eigenvalue weighted by Crippen LogP contribution is -2.29. The van der Waals surface area contributed by atoms with Crippen molar-refractivity contribution in [2.24, 2.45) is 0 Å². The van der Waals surface area contributed by atoms with E-state index in [-0.39, 0.29) is 22.8 Å². The fraction of sp³-hybridized carbons (Fsp3) is 0.258. The number of carbonyl (C=O) groups excluding carboxylic acids is 3. The van der Waals surface area contributed by atoms with Gasteiger partial charge in [0.2, 0.25) is 0 Å². The van der Waals surface area contributed by atoms with E-state index < -0.39 is 23.7 Å². The highest BCUT2D eigenvalue weighted by Crippen LogP contribution is 2.43. The fourth-order valence-electron chi connectivity index (χ4n) is 4.69. The van der Waals surface area contributed by atoms with Gasteiger partial charge in [-0.05, 0) is 72.5 Å². The third kappa shape index (κ3) is 5.23. The van der Waals surface area contributed by atoms with Crippen LogP contribution in [0.15, 0.2) is 72.3 Å². The van der Waals surface area contributed by atoms with Crippen LogP contribution in [0.1, 0.15) is 59.8 Å². The van der Waals surface area contributed by atoms with Crippen molar-refractivity contribution in [3.63, 3.8) is 0 Å². The Kier molecular flexibility index (Phi) is 8.04. The van der Waals surface area contributed by atoms with Gasteiger partial charge in [-0.2, -0.15) is 0 Å². The van der Waals surface area contributed by atoms with E-state index in [4.69, 9.17) is 14.2 Å². The van der Waals surface area contributed by atoms with Crippen LogP contribution in [-0.4, -0.2) is 43.6 Å². The first kappa shape index (κ1) is 27.4. The number of anilines is 1. The molecule has 1 aliphatic rings. The van der Waals surface area contributed by atoms with Crippen LogP contribution in [0.4, 0.5) is 5.69 Å². The number of rotatable bonds is 8. The van der Waals surface area contributed by atoms with Gasteiger partial charge in [0.1, 0.15) is 17.3 Å². The topological polar surface area (TPSA) is 102 Å². The number of amides is 1. The molecule has 39 heavy (non-hydrogen) atoms. The summed E-state index contributed by atoms with van der Waals surface area (Å²) in [4.78, 5) is 40.5. The number of aliphatic hydroxyl groups is 1. The molecular weight excluding hydrogens is 498 g/mol. The summed E-state index contributed by atoms with van der Waals surface area (Å²) in [7, 11) is 2.80. The molecule has 3 aromatic rings. The second-order valence-corrected chi connectivity index (χ2v) is 9.32. The van der Waals surface area contributed by atoms with Crippen molar-refractivity contribution in [2.75, 3.05) is 25.7 Å². The summed E-state index contributed by atoms with van der Waals surface area (Å²) >= 11 is 0. The van der Waals surface area contributed by atoms with Gasteiger partial charge in [-0.25, -0.2) is 4.79 Å². The average Bonchev–Trinajstić information content (AvgIpc) is 3.22. The van der Waals surface area contributed by atoms with Gasteiger partial charge >= 0.3 is 5.97 Å². The maximum atomic E-state index is 13.5.